The minimum absolute atomic E-state index is 0.0837. The second-order valence-electron chi connectivity index (χ2n) is 6.87. The number of ether oxygens (including phenoxy) is 2. The Balaban J connectivity index is 1.77. The molecule has 0 aliphatic heterocycles. The number of aliphatic carboxylic acids is 1. The van der Waals surface area contributed by atoms with Gasteiger partial charge >= 0.3 is 5.97 Å². The Hall–Kier alpha value is -4.41. The molecule has 0 saturated heterocycles. The summed E-state index contributed by atoms with van der Waals surface area (Å²) in [6.07, 6.45) is -1.08. The van der Waals surface area contributed by atoms with E-state index in [4.69, 9.17) is 14.6 Å². The standard InChI is InChI=1S/C21H19N5O6/c1-3-31-16-8-11(12-6-13(27)9-14(7-12)32-10(2)21(29)30)4-5-15(16)18-22-19-17(20(28)23-18)24-26-25-19/h4-10,27H,3H2,1-2H3,(H,29,30)(H2,22,23,24,25,26,28). The molecular formula is C21H19N5O6. The van der Waals surface area contributed by atoms with Crippen molar-refractivity contribution in [3.63, 3.8) is 0 Å². The highest BCUT2D eigenvalue weighted by Crippen LogP contribution is 2.35. The van der Waals surface area contributed by atoms with Crippen molar-refractivity contribution >= 4 is 17.1 Å². The Kier molecular flexibility index (Phi) is 5.46. The van der Waals surface area contributed by atoms with Crippen molar-refractivity contribution in [2.24, 2.45) is 0 Å². The van der Waals surface area contributed by atoms with E-state index in [1.807, 2.05) is 6.92 Å². The van der Waals surface area contributed by atoms with E-state index in [0.717, 1.165) is 0 Å². The average molecular weight is 437 g/mol. The summed E-state index contributed by atoms with van der Waals surface area (Å²) in [7, 11) is 0. The van der Waals surface area contributed by atoms with Gasteiger partial charge in [-0.25, -0.2) is 9.78 Å². The highest BCUT2D eigenvalue weighted by molar-refractivity contribution is 5.77. The number of nitrogens with one attached hydrogen (secondary N) is 2. The van der Waals surface area contributed by atoms with Crippen molar-refractivity contribution in [3.05, 3.63) is 46.8 Å². The second kappa shape index (κ2) is 8.38. The van der Waals surface area contributed by atoms with Crippen LogP contribution in [-0.2, 0) is 4.79 Å². The summed E-state index contributed by atoms with van der Waals surface area (Å²) in [4.78, 5) is 30.3. The van der Waals surface area contributed by atoms with Gasteiger partial charge in [-0.05, 0) is 49.2 Å². The van der Waals surface area contributed by atoms with E-state index in [2.05, 4.69) is 25.4 Å². The number of rotatable bonds is 7. The van der Waals surface area contributed by atoms with E-state index in [1.165, 1.54) is 19.1 Å². The molecule has 4 aromatic rings. The van der Waals surface area contributed by atoms with Crippen LogP contribution in [0.2, 0.25) is 0 Å². The third kappa shape index (κ3) is 4.08. The van der Waals surface area contributed by atoms with Crippen LogP contribution in [0.1, 0.15) is 13.8 Å². The number of aromatic amines is 2. The SMILES string of the molecule is CCOc1cc(-c2cc(O)cc(OC(C)C(=O)O)c2)ccc1-c1nc2n[nH]nc2c(=O)[nH]1. The van der Waals surface area contributed by atoms with E-state index < -0.39 is 17.6 Å². The fourth-order valence-electron chi connectivity index (χ4n) is 3.13. The summed E-state index contributed by atoms with van der Waals surface area (Å²) >= 11 is 0. The number of H-pyrrole nitrogens is 2. The van der Waals surface area contributed by atoms with Gasteiger partial charge in [0.1, 0.15) is 23.1 Å². The highest BCUT2D eigenvalue weighted by Gasteiger charge is 2.17. The Morgan fingerprint density at radius 3 is 2.72 bits per heavy atom. The number of aromatic nitrogens is 5. The van der Waals surface area contributed by atoms with E-state index in [1.54, 1.807) is 24.3 Å². The number of nitrogens with zero attached hydrogens (tertiary/aromatic N) is 3. The van der Waals surface area contributed by atoms with Gasteiger partial charge in [0, 0.05) is 6.07 Å². The highest BCUT2D eigenvalue weighted by atomic mass is 16.5. The number of carboxylic acid groups (broad SMARTS) is 1. The van der Waals surface area contributed by atoms with Crippen LogP contribution < -0.4 is 15.0 Å². The van der Waals surface area contributed by atoms with Crippen LogP contribution >= 0.6 is 0 Å². The third-order valence-corrected chi connectivity index (χ3v) is 4.62. The maximum atomic E-state index is 12.3. The van der Waals surface area contributed by atoms with Crippen LogP contribution in [-0.4, -0.2) is 54.3 Å². The van der Waals surface area contributed by atoms with Gasteiger partial charge in [0.05, 0.1) is 12.2 Å². The number of phenolic OH excluding ortho intramolecular Hbond substituents is 1. The topological polar surface area (TPSA) is 163 Å². The number of carbonyl (C=O) groups is 1. The van der Waals surface area contributed by atoms with E-state index in [0.29, 0.717) is 29.0 Å². The maximum absolute atomic E-state index is 12.3. The number of carboxylic acids is 1. The van der Waals surface area contributed by atoms with Crippen LogP contribution in [0.25, 0.3) is 33.7 Å². The Labute approximate surface area is 180 Å². The van der Waals surface area contributed by atoms with Crippen LogP contribution in [0.4, 0.5) is 0 Å². The maximum Gasteiger partial charge on any atom is 0.344 e. The lowest BCUT2D eigenvalue weighted by Gasteiger charge is -2.14. The third-order valence-electron chi connectivity index (χ3n) is 4.62. The van der Waals surface area contributed by atoms with Gasteiger partial charge in [-0.2, -0.15) is 5.21 Å². The zero-order valence-electron chi connectivity index (χ0n) is 17.1. The monoisotopic (exact) mass is 437 g/mol. The number of fused-ring (bicyclic) bond motifs is 1. The lowest BCUT2D eigenvalue weighted by Crippen LogP contribution is -2.22. The fourth-order valence-corrected chi connectivity index (χ4v) is 3.13. The zero-order valence-corrected chi connectivity index (χ0v) is 17.1. The first-order valence-electron chi connectivity index (χ1n) is 9.67. The van der Waals surface area contributed by atoms with Crippen molar-refractivity contribution in [1.29, 1.82) is 0 Å². The van der Waals surface area contributed by atoms with E-state index >= 15 is 0 Å². The molecule has 11 heteroatoms. The minimum atomic E-state index is -1.12. The van der Waals surface area contributed by atoms with Crippen LogP contribution in [0, 0.1) is 0 Å². The summed E-state index contributed by atoms with van der Waals surface area (Å²) in [6, 6.07) is 9.67. The lowest BCUT2D eigenvalue weighted by atomic mass is 10.0. The molecule has 2 aromatic heterocycles. The molecule has 2 aromatic carbocycles. The zero-order chi connectivity index (χ0) is 22.8. The molecule has 0 saturated carbocycles. The molecule has 2 heterocycles. The Morgan fingerprint density at radius 1 is 1.16 bits per heavy atom. The van der Waals surface area contributed by atoms with E-state index in [-0.39, 0.29) is 28.5 Å². The lowest BCUT2D eigenvalue weighted by molar-refractivity contribution is -0.144. The molecule has 1 atom stereocenters. The van der Waals surface area contributed by atoms with Crippen LogP contribution in [0.3, 0.4) is 0 Å². The van der Waals surface area contributed by atoms with Gasteiger partial charge in [0.25, 0.3) is 5.56 Å². The normalized spacial score (nSPS) is 11.9. The fraction of sp³-hybridized carbons (Fsp3) is 0.190. The van der Waals surface area contributed by atoms with Gasteiger partial charge in [-0.1, -0.05) is 6.07 Å². The summed E-state index contributed by atoms with van der Waals surface area (Å²) in [5.41, 5.74) is 1.63. The van der Waals surface area contributed by atoms with Gasteiger partial charge in [0.15, 0.2) is 11.6 Å². The van der Waals surface area contributed by atoms with Gasteiger partial charge in [0.2, 0.25) is 5.65 Å². The minimum Gasteiger partial charge on any atom is -0.508 e. The molecule has 0 aliphatic carbocycles. The molecular weight excluding hydrogens is 418 g/mol. The van der Waals surface area contributed by atoms with Gasteiger partial charge < -0.3 is 24.7 Å². The quantitative estimate of drug-likeness (QED) is 0.340. The van der Waals surface area contributed by atoms with Gasteiger partial charge in [-0.3, -0.25) is 4.79 Å². The van der Waals surface area contributed by atoms with Gasteiger partial charge in [-0.15, -0.1) is 10.2 Å². The molecule has 11 nitrogen and oxygen atoms in total. The predicted molar refractivity (Wildman–Crippen MR) is 114 cm³/mol. The summed E-state index contributed by atoms with van der Waals surface area (Å²) in [6.45, 7) is 3.58. The molecule has 164 valence electrons. The van der Waals surface area contributed by atoms with Crippen molar-refractivity contribution in [2.45, 2.75) is 20.0 Å². The summed E-state index contributed by atoms with van der Waals surface area (Å²) < 4.78 is 11.1. The molecule has 1 unspecified atom stereocenters. The molecule has 0 fully saturated rings. The molecule has 0 spiro atoms. The largest absolute Gasteiger partial charge is 0.508 e. The predicted octanol–water partition coefficient (Wildman–Crippen LogP) is 2.33. The Bertz CT molecular complexity index is 1360. The average Bonchev–Trinajstić information content (AvgIpc) is 3.23. The van der Waals surface area contributed by atoms with E-state index in [9.17, 15) is 14.7 Å². The Morgan fingerprint density at radius 2 is 1.97 bits per heavy atom. The molecule has 4 N–H and O–H groups in total. The number of hydrogen-bond donors (Lipinski definition) is 4. The molecule has 0 bridgehead atoms. The smallest absolute Gasteiger partial charge is 0.344 e. The van der Waals surface area contributed by atoms with Crippen molar-refractivity contribution in [1.82, 2.24) is 25.4 Å². The van der Waals surface area contributed by atoms with Crippen molar-refractivity contribution in [3.8, 4) is 39.8 Å². The number of hydrogen-bond acceptors (Lipinski definition) is 8. The molecule has 0 aliphatic rings. The van der Waals surface area contributed by atoms with Crippen molar-refractivity contribution in [2.75, 3.05) is 6.61 Å². The first-order chi connectivity index (χ1) is 15.4. The van der Waals surface area contributed by atoms with Crippen molar-refractivity contribution < 1.29 is 24.5 Å². The summed E-state index contributed by atoms with van der Waals surface area (Å²) in [5.74, 6) is -0.287. The molecule has 4 rings (SSSR count). The van der Waals surface area contributed by atoms with Crippen LogP contribution in [0.5, 0.6) is 17.2 Å². The molecule has 0 amide bonds. The second-order valence-corrected chi connectivity index (χ2v) is 6.87. The molecule has 0 radical (unpaired) electrons. The molecule has 32 heavy (non-hydrogen) atoms. The number of aromatic hydroxyl groups is 1. The number of phenols is 1. The first-order valence-corrected chi connectivity index (χ1v) is 9.67. The summed E-state index contributed by atoms with van der Waals surface area (Å²) in [5, 5.41) is 29.2. The number of benzene rings is 2. The van der Waals surface area contributed by atoms with Crippen LogP contribution in [0.15, 0.2) is 41.2 Å². The first kappa shape index (κ1) is 20.8.